The lowest BCUT2D eigenvalue weighted by Gasteiger charge is -1.98. The minimum atomic E-state index is 0.521. The number of hydrogen-bond acceptors (Lipinski definition) is 5. The van der Waals surface area contributed by atoms with E-state index in [2.05, 4.69) is 67.9 Å². The number of para-hydroxylation sites is 1. The van der Waals surface area contributed by atoms with Crippen molar-refractivity contribution < 1.29 is 0 Å². The van der Waals surface area contributed by atoms with E-state index in [1.165, 1.54) is 11.1 Å². The molecule has 6 nitrogen and oxygen atoms in total. The molecule has 0 spiro atoms. The van der Waals surface area contributed by atoms with Gasteiger partial charge in [-0.1, -0.05) is 59.8 Å². The SMILES string of the molecule is Cc1ccc(CSc2n[nH]c(N/N=C\c3c[nH]c4ccccc34)n2)cc1. The number of anilines is 1. The smallest absolute Gasteiger partial charge is 0.240 e. The summed E-state index contributed by atoms with van der Waals surface area (Å²) < 4.78 is 0. The van der Waals surface area contributed by atoms with Crippen molar-refractivity contribution in [1.29, 1.82) is 0 Å². The first-order valence-corrected chi connectivity index (χ1v) is 9.22. The highest BCUT2D eigenvalue weighted by Crippen LogP contribution is 2.20. The number of thioether (sulfide) groups is 1. The molecule has 0 aliphatic rings. The van der Waals surface area contributed by atoms with E-state index in [0.717, 1.165) is 22.2 Å². The number of nitrogens with zero attached hydrogens (tertiary/aromatic N) is 3. The molecular weight excluding hydrogens is 344 g/mol. The van der Waals surface area contributed by atoms with Gasteiger partial charge in [-0.3, -0.25) is 0 Å². The molecule has 4 rings (SSSR count). The molecule has 3 N–H and O–H groups in total. The van der Waals surface area contributed by atoms with Gasteiger partial charge >= 0.3 is 0 Å². The molecule has 130 valence electrons. The summed E-state index contributed by atoms with van der Waals surface area (Å²) in [7, 11) is 0. The maximum atomic E-state index is 4.39. The minimum Gasteiger partial charge on any atom is -0.361 e. The molecule has 0 aliphatic heterocycles. The fourth-order valence-electron chi connectivity index (χ4n) is 2.56. The van der Waals surface area contributed by atoms with E-state index in [9.17, 15) is 0 Å². The van der Waals surface area contributed by atoms with Crippen molar-refractivity contribution in [1.82, 2.24) is 20.2 Å². The van der Waals surface area contributed by atoms with Gasteiger partial charge in [0.1, 0.15) is 0 Å². The Balaban J connectivity index is 1.35. The Morgan fingerprint density at radius 3 is 2.88 bits per heavy atom. The van der Waals surface area contributed by atoms with Gasteiger partial charge in [0.15, 0.2) is 0 Å². The lowest BCUT2D eigenvalue weighted by Crippen LogP contribution is -1.92. The number of aryl methyl sites for hydroxylation is 1. The zero-order chi connectivity index (χ0) is 17.8. The Morgan fingerprint density at radius 2 is 2.00 bits per heavy atom. The highest BCUT2D eigenvalue weighted by atomic mass is 32.2. The van der Waals surface area contributed by atoms with Crippen LogP contribution < -0.4 is 5.43 Å². The molecule has 0 aliphatic carbocycles. The standard InChI is InChI=1S/C19H18N6S/c1-13-6-8-14(9-7-13)12-26-19-22-18(24-25-19)23-21-11-15-10-20-17-5-3-2-4-16(15)17/h2-11,20H,12H2,1H3,(H2,22,23,24,25)/b21-11-. The molecule has 0 radical (unpaired) electrons. The summed E-state index contributed by atoms with van der Waals surface area (Å²) in [5.41, 5.74) is 7.50. The molecule has 0 saturated heterocycles. The van der Waals surface area contributed by atoms with Crippen LogP contribution in [0.25, 0.3) is 10.9 Å². The molecule has 0 amide bonds. The van der Waals surface area contributed by atoms with Crippen LogP contribution >= 0.6 is 11.8 Å². The highest BCUT2D eigenvalue weighted by Gasteiger charge is 2.04. The molecule has 0 bridgehead atoms. The van der Waals surface area contributed by atoms with Gasteiger partial charge in [0.05, 0.1) is 6.21 Å². The molecule has 0 saturated carbocycles. The Labute approximate surface area is 155 Å². The lowest BCUT2D eigenvalue weighted by atomic mass is 10.2. The number of rotatable bonds is 6. The van der Waals surface area contributed by atoms with Crippen LogP contribution in [0.1, 0.15) is 16.7 Å². The van der Waals surface area contributed by atoms with E-state index in [1.807, 2.05) is 24.4 Å². The Morgan fingerprint density at radius 1 is 1.15 bits per heavy atom. The second-order valence-electron chi connectivity index (χ2n) is 5.90. The Hall–Kier alpha value is -3.06. The van der Waals surface area contributed by atoms with Crippen molar-refractivity contribution in [2.24, 2.45) is 5.10 Å². The van der Waals surface area contributed by atoms with Crippen LogP contribution in [0.3, 0.4) is 0 Å². The third-order valence-corrected chi connectivity index (χ3v) is 4.87. The van der Waals surface area contributed by atoms with Crippen LogP contribution in [0.5, 0.6) is 0 Å². The van der Waals surface area contributed by atoms with Gasteiger partial charge in [-0.05, 0) is 18.6 Å². The van der Waals surface area contributed by atoms with E-state index in [-0.39, 0.29) is 0 Å². The van der Waals surface area contributed by atoms with E-state index in [1.54, 1.807) is 18.0 Å². The van der Waals surface area contributed by atoms with E-state index in [4.69, 9.17) is 0 Å². The van der Waals surface area contributed by atoms with Crippen molar-refractivity contribution in [2.45, 2.75) is 17.8 Å². The maximum Gasteiger partial charge on any atom is 0.240 e. The normalized spacial score (nSPS) is 11.4. The number of aromatic nitrogens is 4. The highest BCUT2D eigenvalue weighted by molar-refractivity contribution is 7.98. The molecule has 0 fully saturated rings. The number of nitrogens with one attached hydrogen (secondary N) is 3. The molecule has 7 heteroatoms. The van der Waals surface area contributed by atoms with Crippen molar-refractivity contribution >= 4 is 34.8 Å². The minimum absolute atomic E-state index is 0.521. The van der Waals surface area contributed by atoms with E-state index in [0.29, 0.717) is 11.1 Å². The predicted octanol–water partition coefficient (Wildman–Crippen LogP) is 4.33. The average molecular weight is 362 g/mol. The maximum absolute atomic E-state index is 4.39. The topological polar surface area (TPSA) is 81.8 Å². The summed E-state index contributed by atoms with van der Waals surface area (Å²) in [6, 6.07) is 16.6. The molecule has 26 heavy (non-hydrogen) atoms. The van der Waals surface area contributed by atoms with Gasteiger partial charge in [-0.25, -0.2) is 10.5 Å². The number of hydrazone groups is 1. The molecule has 0 unspecified atom stereocenters. The number of benzene rings is 2. The molecule has 2 aromatic heterocycles. The largest absolute Gasteiger partial charge is 0.361 e. The van der Waals surface area contributed by atoms with Gasteiger partial charge in [0, 0.05) is 28.4 Å². The lowest BCUT2D eigenvalue weighted by molar-refractivity contribution is 0.972. The fourth-order valence-corrected chi connectivity index (χ4v) is 3.31. The summed E-state index contributed by atoms with van der Waals surface area (Å²) in [4.78, 5) is 7.61. The molecule has 0 atom stereocenters. The van der Waals surface area contributed by atoms with Crippen LogP contribution in [0, 0.1) is 6.92 Å². The third-order valence-electron chi connectivity index (χ3n) is 3.95. The summed E-state index contributed by atoms with van der Waals surface area (Å²) in [6.45, 7) is 2.08. The zero-order valence-corrected chi connectivity index (χ0v) is 15.0. The molecular formula is C19H18N6S. The Kier molecular flexibility index (Phi) is 4.70. The Bertz CT molecular complexity index is 1030. The van der Waals surface area contributed by atoms with Crippen LogP contribution in [-0.2, 0) is 5.75 Å². The van der Waals surface area contributed by atoms with Crippen molar-refractivity contribution in [3.63, 3.8) is 0 Å². The quantitative estimate of drug-likeness (QED) is 0.271. The van der Waals surface area contributed by atoms with Crippen LogP contribution in [0.4, 0.5) is 5.95 Å². The number of H-pyrrole nitrogens is 2. The average Bonchev–Trinajstić information content (AvgIpc) is 3.29. The van der Waals surface area contributed by atoms with E-state index >= 15 is 0 Å². The van der Waals surface area contributed by atoms with E-state index < -0.39 is 0 Å². The second kappa shape index (κ2) is 7.45. The van der Waals surface area contributed by atoms with Crippen molar-refractivity contribution in [3.8, 4) is 0 Å². The fraction of sp³-hybridized carbons (Fsp3) is 0.105. The molecule has 2 aromatic carbocycles. The summed E-state index contributed by atoms with van der Waals surface area (Å²) in [6.07, 6.45) is 3.69. The van der Waals surface area contributed by atoms with Gasteiger partial charge in [-0.15, -0.1) is 5.10 Å². The van der Waals surface area contributed by atoms with Crippen LogP contribution in [-0.4, -0.2) is 26.4 Å². The van der Waals surface area contributed by atoms with Crippen LogP contribution in [0.15, 0.2) is 65.0 Å². The molecule has 2 heterocycles. The summed E-state index contributed by atoms with van der Waals surface area (Å²) >= 11 is 1.58. The van der Waals surface area contributed by atoms with Crippen molar-refractivity contribution in [3.05, 3.63) is 71.4 Å². The number of fused-ring (bicyclic) bond motifs is 1. The van der Waals surface area contributed by atoms with Gasteiger partial charge in [-0.2, -0.15) is 10.1 Å². The van der Waals surface area contributed by atoms with Crippen LogP contribution in [0.2, 0.25) is 0 Å². The first kappa shape index (κ1) is 16.4. The van der Waals surface area contributed by atoms with Crippen molar-refractivity contribution in [2.75, 3.05) is 5.43 Å². The first-order chi connectivity index (χ1) is 12.8. The first-order valence-electron chi connectivity index (χ1n) is 8.24. The summed E-state index contributed by atoms with van der Waals surface area (Å²) in [5, 5.41) is 13.1. The van der Waals surface area contributed by atoms with Gasteiger partial charge < -0.3 is 4.98 Å². The zero-order valence-electron chi connectivity index (χ0n) is 14.2. The molecule has 4 aromatic rings. The number of hydrogen-bond donors (Lipinski definition) is 3. The number of aromatic amines is 2. The van der Waals surface area contributed by atoms with Gasteiger partial charge in [0.25, 0.3) is 0 Å². The monoisotopic (exact) mass is 362 g/mol. The predicted molar refractivity (Wildman–Crippen MR) is 107 cm³/mol. The second-order valence-corrected chi connectivity index (χ2v) is 6.84. The van der Waals surface area contributed by atoms with Gasteiger partial charge in [0.2, 0.25) is 11.1 Å². The third kappa shape index (κ3) is 3.78. The summed E-state index contributed by atoms with van der Waals surface area (Å²) in [5.74, 6) is 1.35.